The maximum Gasteiger partial charge on any atom is 0.196 e. The maximum atomic E-state index is 5.77. The normalized spacial score (nSPS) is 11.5. The summed E-state index contributed by atoms with van der Waals surface area (Å²) in [7, 11) is 3.64. The summed E-state index contributed by atoms with van der Waals surface area (Å²) < 4.78 is 12.8. The Hall–Kier alpha value is -2.61. The van der Waals surface area contributed by atoms with Crippen molar-refractivity contribution >= 4 is 11.6 Å². The van der Waals surface area contributed by atoms with Gasteiger partial charge in [-0.1, -0.05) is 19.4 Å². The first kappa shape index (κ1) is 21.7. The van der Waals surface area contributed by atoms with Gasteiger partial charge in [0.05, 0.1) is 6.61 Å². The van der Waals surface area contributed by atoms with Crippen LogP contribution >= 0.6 is 0 Å². The average molecular weight is 389 g/mol. The third-order valence-electron chi connectivity index (χ3n) is 4.24. The van der Waals surface area contributed by atoms with E-state index in [0.717, 1.165) is 48.9 Å². The highest BCUT2D eigenvalue weighted by molar-refractivity contribution is 5.93. The number of nitrogens with zero attached hydrogens (tertiary/aromatic N) is 4. The Morgan fingerprint density at radius 2 is 2.07 bits per heavy atom. The van der Waals surface area contributed by atoms with E-state index in [4.69, 9.17) is 9.47 Å². The second-order valence-corrected chi connectivity index (χ2v) is 6.52. The molecule has 0 bridgehead atoms. The summed E-state index contributed by atoms with van der Waals surface area (Å²) in [5.41, 5.74) is 0.918. The predicted octanol–water partition coefficient (Wildman–Crippen LogP) is 2.90. The fraction of sp³-hybridized carbons (Fsp3) is 0.550. The minimum Gasteiger partial charge on any atom is -0.493 e. The molecular formula is C20H32N6O2. The Bertz CT molecular complexity index is 744. The van der Waals surface area contributed by atoms with Gasteiger partial charge in [0, 0.05) is 45.5 Å². The zero-order chi connectivity index (χ0) is 20.2. The Kier molecular flexibility index (Phi) is 9.27. The van der Waals surface area contributed by atoms with Gasteiger partial charge in [0.25, 0.3) is 0 Å². The second-order valence-electron chi connectivity index (χ2n) is 6.52. The summed E-state index contributed by atoms with van der Waals surface area (Å²) in [4.78, 5) is 4.67. The van der Waals surface area contributed by atoms with Crippen molar-refractivity contribution in [1.82, 2.24) is 20.1 Å². The number of benzene rings is 1. The van der Waals surface area contributed by atoms with Gasteiger partial charge in [-0.05, 0) is 25.5 Å². The predicted molar refractivity (Wildman–Crippen MR) is 112 cm³/mol. The Morgan fingerprint density at radius 1 is 1.21 bits per heavy atom. The SMILES string of the molecule is CCCCNC(=NCc1nnc(C)n1C)Nc1cccc(OCCCOC)c1. The number of nitrogens with one attached hydrogen (secondary N) is 2. The number of anilines is 1. The highest BCUT2D eigenvalue weighted by Gasteiger charge is 2.06. The lowest BCUT2D eigenvalue weighted by atomic mass is 10.3. The summed E-state index contributed by atoms with van der Waals surface area (Å²) in [5.74, 6) is 3.23. The minimum atomic E-state index is 0.450. The zero-order valence-electron chi connectivity index (χ0n) is 17.4. The molecule has 0 atom stereocenters. The van der Waals surface area contributed by atoms with Crippen LogP contribution in [-0.4, -0.2) is 47.6 Å². The third-order valence-corrected chi connectivity index (χ3v) is 4.24. The maximum absolute atomic E-state index is 5.77. The van der Waals surface area contributed by atoms with Crippen LogP contribution in [0.2, 0.25) is 0 Å². The molecule has 0 aliphatic rings. The molecule has 0 unspecified atom stereocenters. The molecule has 1 aromatic carbocycles. The van der Waals surface area contributed by atoms with Crippen LogP contribution in [0, 0.1) is 6.92 Å². The van der Waals surface area contributed by atoms with Gasteiger partial charge in [-0.25, -0.2) is 4.99 Å². The van der Waals surface area contributed by atoms with Gasteiger partial charge in [0.1, 0.15) is 18.1 Å². The summed E-state index contributed by atoms with van der Waals surface area (Å²) in [6.45, 7) is 6.71. The first-order valence-corrected chi connectivity index (χ1v) is 9.76. The number of aryl methyl sites for hydroxylation is 1. The minimum absolute atomic E-state index is 0.450. The lowest BCUT2D eigenvalue weighted by Crippen LogP contribution is -2.31. The lowest BCUT2D eigenvalue weighted by Gasteiger charge is -2.14. The molecule has 0 radical (unpaired) electrons. The van der Waals surface area contributed by atoms with E-state index < -0.39 is 0 Å². The first-order valence-electron chi connectivity index (χ1n) is 9.76. The first-order chi connectivity index (χ1) is 13.6. The van der Waals surface area contributed by atoms with E-state index in [-0.39, 0.29) is 0 Å². The number of aromatic nitrogens is 3. The van der Waals surface area contributed by atoms with Crippen molar-refractivity contribution in [3.63, 3.8) is 0 Å². The molecule has 2 N–H and O–H groups in total. The monoisotopic (exact) mass is 388 g/mol. The van der Waals surface area contributed by atoms with Crippen molar-refractivity contribution in [2.75, 3.05) is 32.2 Å². The number of aliphatic imine (C=N–C) groups is 1. The molecule has 8 heteroatoms. The quantitative estimate of drug-likeness (QED) is 0.350. The van der Waals surface area contributed by atoms with Gasteiger partial charge in [-0.15, -0.1) is 10.2 Å². The molecule has 0 amide bonds. The number of hydrogen-bond donors (Lipinski definition) is 2. The summed E-state index contributed by atoms with van der Waals surface area (Å²) in [6, 6.07) is 7.87. The van der Waals surface area contributed by atoms with Crippen LogP contribution in [0.3, 0.4) is 0 Å². The van der Waals surface area contributed by atoms with Crippen molar-refractivity contribution in [2.45, 2.75) is 39.7 Å². The zero-order valence-corrected chi connectivity index (χ0v) is 17.4. The van der Waals surface area contributed by atoms with E-state index in [2.05, 4.69) is 32.7 Å². The van der Waals surface area contributed by atoms with Crippen molar-refractivity contribution in [3.8, 4) is 5.75 Å². The molecule has 28 heavy (non-hydrogen) atoms. The number of hydrogen-bond acceptors (Lipinski definition) is 5. The molecule has 0 saturated heterocycles. The summed E-state index contributed by atoms with van der Waals surface area (Å²) in [6.07, 6.45) is 3.05. The highest BCUT2D eigenvalue weighted by atomic mass is 16.5. The van der Waals surface area contributed by atoms with Gasteiger partial charge in [0.15, 0.2) is 11.8 Å². The van der Waals surface area contributed by atoms with Crippen LogP contribution in [0.25, 0.3) is 0 Å². The van der Waals surface area contributed by atoms with Gasteiger partial charge >= 0.3 is 0 Å². The molecule has 8 nitrogen and oxygen atoms in total. The van der Waals surface area contributed by atoms with Crippen molar-refractivity contribution < 1.29 is 9.47 Å². The number of unbranched alkanes of at least 4 members (excludes halogenated alkanes) is 1. The fourth-order valence-electron chi connectivity index (χ4n) is 2.46. The molecule has 0 fully saturated rings. The Morgan fingerprint density at radius 3 is 2.79 bits per heavy atom. The van der Waals surface area contributed by atoms with Crippen LogP contribution in [0.5, 0.6) is 5.75 Å². The average Bonchev–Trinajstić information content (AvgIpc) is 3.02. The molecule has 0 saturated carbocycles. The van der Waals surface area contributed by atoms with E-state index in [1.165, 1.54) is 0 Å². The number of methoxy groups -OCH3 is 1. The van der Waals surface area contributed by atoms with Crippen LogP contribution in [-0.2, 0) is 18.3 Å². The third kappa shape index (κ3) is 7.19. The Labute approximate surface area is 167 Å². The lowest BCUT2D eigenvalue weighted by molar-refractivity contribution is 0.172. The smallest absolute Gasteiger partial charge is 0.196 e. The van der Waals surface area contributed by atoms with E-state index >= 15 is 0 Å². The molecule has 0 aliphatic carbocycles. The number of guanidine groups is 1. The van der Waals surface area contributed by atoms with Gasteiger partial charge in [-0.3, -0.25) is 0 Å². The van der Waals surface area contributed by atoms with E-state index in [0.29, 0.717) is 25.7 Å². The van der Waals surface area contributed by atoms with Crippen LogP contribution in [0.1, 0.15) is 37.8 Å². The van der Waals surface area contributed by atoms with Gasteiger partial charge in [-0.2, -0.15) is 0 Å². The van der Waals surface area contributed by atoms with Crippen LogP contribution in [0.4, 0.5) is 5.69 Å². The number of rotatable bonds is 11. The summed E-state index contributed by atoms with van der Waals surface area (Å²) >= 11 is 0. The van der Waals surface area contributed by atoms with Crippen molar-refractivity contribution in [1.29, 1.82) is 0 Å². The topological polar surface area (TPSA) is 85.6 Å². The molecular weight excluding hydrogens is 356 g/mol. The van der Waals surface area contributed by atoms with Crippen LogP contribution < -0.4 is 15.4 Å². The molecule has 0 spiro atoms. The van der Waals surface area contributed by atoms with Crippen LogP contribution in [0.15, 0.2) is 29.3 Å². The fourth-order valence-corrected chi connectivity index (χ4v) is 2.46. The molecule has 2 aromatic rings. The molecule has 1 heterocycles. The highest BCUT2D eigenvalue weighted by Crippen LogP contribution is 2.17. The van der Waals surface area contributed by atoms with Gasteiger partial charge in [0.2, 0.25) is 0 Å². The van der Waals surface area contributed by atoms with Crippen molar-refractivity contribution in [3.05, 3.63) is 35.9 Å². The molecule has 1 aromatic heterocycles. The van der Waals surface area contributed by atoms with E-state index in [9.17, 15) is 0 Å². The molecule has 2 rings (SSSR count). The number of ether oxygens (including phenoxy) is 2. The molecule has 154 valence electrons. The van der Waals surface area contributed by atoms with E-state index in [1.54, 1.807) is 7.11 Å². The molecule has 0 aliphatic heterocycles. The van der Waals surface area contributed by atoms with Crippen molar-refractivity contribution in [2.24, 2.45) is 12.0 Å². The van der Waals surface area contributed by atoms with Gasteiger partial charge < -0.3 is 24.7 Å². The summed E-state index contributed by atoms with van der Waals surface area (Å²) in [5, 5.41) is 15.0. The largest absolute Gasteiger partial charge is 0.493 e. The van der Waals surface area contributed by atoms with E-state index in [1.807, 2.05) is 42.8 Å². The standard InChI is InChI=1S/C20H32N6O2/c1-5-6-11-21-20(22-15-19-25-24-16(2)26(19)3)23-17-9-7-10-18(14-17)28-13-8-12-27-4/h7,9-10,14H,5-6,8,11-13,15H2,1-4H3,(H2,21,22,23). The second kappa shape index (κ2) is 12.0. The Balaban J connectivity index is 2.02.